The van der Waals surface area contributed by atoms with Crippen molar-refractivity contribution < 1.29 is 29.5 Å². The summed E-state index contributed by atoms with van der Waals surface area (Å²) in [6, 6.07) is 9.07. The van der Waals surface area contributed by atoms with E-state index in [0.29, 0.717) is 12.3 Å². The maximum absolute atomic E-state index is 13.1. The fourth-order valence-corrected chi connectivity index (χ4v) is 4.09. The van der Waals surface area contributed by atoms with Gasteiger partial charge in [-0.15, -0.1) is 0 Å². The second kappa shape index (κ2) is 10.3. The van der Waals surface area contributed by atoms with Gasteiger partial charge in [0.2, 0.25) is 0 Å². The number of phenols is 1. The molecule has 0 saturated carbocycles. The first kappa shape index (κ1) is 24.7. The predicted molar refractivity (Wildman–Crippen MR) is 125 cm³/mol. The molecule has 10 heteroatoms. The molecule has 1 atom stereocenters. The standard InChI is InChI=1S/C24H27N3O7/c1-4-25(5-2)12-13-26-21(15-10-11-18(28)17(14-15)27(32)33)20(23(30)24(26)31)22(29)16-8-6-7-9-19(16)34-3/h6-11,14,21,28-29H,4-5,12-13H2,1-3H3/b22-20-. The van der Waals surface area contributed by atoms with Crippen molar-refractivity contribution in [2.45, 2.75) is 19.9 Å². The Morgan fingerprint density at radius 3 is 2.47 bits per heavy atom. The van der Waals surface area contributed by atoms with Crippen LogP contribution in [0, 0.1) is 10.1 Å². The molecule has 2 N–H and O–H groups in total. The lowest BCUT2D eigenvalue weighted by Gasteiger charge is -2.28. The molecule has 34 heavy (non-hydrogen) atoms. The molecule has 1 fully saturated rings. The average Bonchev–Trinajstić information content (AvgIpc) is 3.09. The molecule has 10 nitrogen and oxygen atoms in total. The van der Waals surface area contributed by atoms with Crippen LogP contribution in [0.25, 0.3) is 5.76 Å². The molecule has 0 spiro atoms. The van der Waals surface area contributed by atoms with Crippen LogP contribution in [-0.2, 0) is 9.59 Å². The maximum atomic E-state index is 13.1. The fraction of sp³-hybridized carbons (Fsp3) is 0.333. The number of nitro groups is 1. The zero-order valence-electron chi connectivity index (χ0n) is 19.2. The highest BCUT2D eigenvalue weighted by Gasteiger charge is 2.46. The molecule has 0 aromatic heterocycles. The minimum absolute atomic E-state index is 0.161. The number of benzene rings is 2. The minimum Gasteiger partial charge on any atom is -0.507 e. The number of methoxy groups -OCH3 is 1. The summed E-state index contributed by atoms with van der Waals surface area (Å²) < 4.78 is 5.30. The Labute approximate surface area is 196 Å². The quantitative estimate of drug-likeness (QED) is 0.188. The molecule has 3 rings (SSSR count). The van der Waals surface area contributed by atoms with Gasteiger partial charge in [0.25, 0.3) is 11.7 Å². The van der Waals surface area contributed by atoms with Gasteiger partial charge in [-0.25, -0.2) is 0 Å². The molecule has 1 heterocycles. The minimum atomic E-state index is -1.08. The number of carbonyl (C=O) groups is 2. The van der Waals surface area contributed by atoms with Gasteiger partial charge in [-0.05, 0) is 36.9 Å². The van der Waals surface area contributed by atoms with Gasteiger partial charge in [0.1, 0.15) is 11.5 Å². The van der Waals surface area contributed by atoms with Crippen LogP contribution in [0.4, 0.5) is 5.69 Å². The van der Waals surface area contributed by atoms with Crippen molar-refractivity contribution in [2.24, 2.45) is 0 Å². The fourth-order valence-electron chi connectivity index (χ4n) is 4.09. The van der Waals surface area contributed by atoms with E-state index in [-0.39, 0.29) is 23.2 Å². The molecular formula is C24H27N3O7. The molecule has 0 aliphatic carbocycles. The van der Waals surface area contributed by atoms with Crippen molar-refractivity contribution >= 4 is 23.1 Å². The van der Waals surface area contributed by atoms with Crippen molar-refractivity contribution in [3.05, 3.63) is 69.3 Å². The lowest BCUT2D eigenvalue weighted by Crippen LogP contribution is -2.38. The number of rotatable bonds is 9. The molecule has 0 radical (unpaired) electrons. The lowest BCUT2D eigenvalue weighted by atomic mass is 9.94. The second-order valence-electron chi connectivity index (χ2n) is 7.72. The molecule has 2 aromatic rings. The van der Waals surface area contributed by atoms with Crippen LogP contribution in [0.15, 0.2) is 48.0 Å². The Bertz CT molecular complexity index is 1140. The topological polar surface area (TPSA) is 133 Å². The van der Waals surface area contributed by atoms with E-state index in [1.165, 1.54) is 18.1 Å². The second-order valence-corrected chi connectivity index (χ2v) is 7.72. The van der Waals surface area contributed by atoms with Crippen molar-refractivity contribution in [1.82, 2.24) is 9.80 Å². The summed E-state index contributed by atoms with van der Waals surface area (Å²) >= 11 is 0. The molecule has 1 amide bonds. The Hall–Kier alpha value is -3.92. The number of ether oxygens (including phenoxy) is 1. The van der Waals surface area contributed by atoms with Gasteiger partial charge in [0.05, 0.1) is 29.2 Å². The number of nitrogens with zero attached hydrogens (tertiary/aromatic N) is 3. The smallest absolute Gasteiger partial charge is 0.311 e. The summed E-state index contributed by atoms with van der Waals surface area (Å²) in [7, 11) is 1.41. The Morgan fingerprint density at radius 2 is 1.85 bits per heavy atom. The molecule has 1 aliphatic heterocycles. The number of phenolic OH excluding ortho intramolecular Hbond substituents is 1. The van der Waals surface area contributed by atoms with Gasteiger partial charge in [-0.2, -0.15) is 0 Å². The highest BCUT2D eigenvalue weighted by molar-refractivity contribution is 6.46. The number of amides is 1. The van der Waals surface area contributed by atoms with Gasteiger partial charge in [-0.1, -0.05) is 32.0 Å². The summed E-state index contributed by atoms with van der Waals surface area (Å²) in [5, 5.41) is 32.5. The van der Waals surface area contributed by atoms with Crippen LogP contribution in [0.5, 0.6) is 11.5 Å². The van der Waals surface area contributed by atoms with Crippen molar-refractivity contribution in [1.29, 1.82) is 0 Å². The maximum Gasteiger partial charge on any atom is 0.311 e. The van der Waals surface area contributed by atoms with E-state index >= 15 is 0 Å². The van der Waals surface area contributed by atoms with E-state index in [1.807, 2.05) is 13.8 Å². The molecular weight excluding hydrogens is 442 g/mol. The first-order valence-electron chi connectivity index (χ1n) is 10.9. The molecule has 2 aromatic carbocycles. The number of aliphatic hydroxyl groups excluding tert-OH is 1. The number of hydrogen-bond donors (Lipinski definition) is 2. The van der Waals surface area contributed by atoms with Gasteiger partial charge in [0, 0.05) is 19.2 Å². The van der Waals surface area contributed by atoms with Crippen LogP contribution in [0.1, 0.15) is 31.0 Å². The Balaban J connectivity index is 2.21. The van der Waals surface area contributed by atoms with Gasteiger partial charge >= 0.3 is 5.69 Å². The summed E-state index contributed by atoms with van der Waals surface area (Å²) in [4.78, 5) is 40.2. The number of aliphatic hydroxyl groups is 1. The van der Waals surface area contributed by atoms with E-state index in [1.54, 1.807) is 24.3 Å². The molecule has 0 bridgehead atoms. The number of carbonyl (C=O) groups excluding carboxylic acids is 2. The van der Waals surface area contributed by atoms with Crippen molar-refractivity contribution in [3.8, 4) is 11.5 Å². The first-order valence-corrected chi connectivity index (χ1v) is 10.9. The monoisotopic (exact) mass is 469 g/mol. The number of nitro benzene ring substituents is 1. The Kier molecular flexibility index (Phi) is 7.52. The number of ketones is 1. The third kappa shape index (κ3) is 4.58. The van der Waals surface area contributed by atoms with Crippen molar-refractivity contribution in [3.63, 3.8) is 0 Å². The van der Waals surface area contributed by atoms with Crippen LogP contribution in [0.2, 0.25) is 0 Å². The van der Waals surface area contributed by atoms with E-state index < -0.39 is 39.9 Å². The third-order valence-electron chi connectivity index (χ3n) is 5.97. The zero-order chi connectivity index (χ0) is 25.0. The summed E-state index contributed by atoms with van der Waals surface area (Å²) in [5.74, 6) is -2.40. The number of hydrogen-bond acceptors (Lipinski definition) is 8. The zero-order valence-corrected chi connectivity index (χ0v) is 19.2. The summed E-state index contributed by atoms with van der Waals surface area (Å²) in [6.07, 6.45) is 0. The van der Waals surface area contributed by atoms with E-state index in [9.17, 15) is 29.9 Å². The number of likely N-dealkylation sites (tertiary alicyclic amines) is 1. The van der Waals surface area contributed by atoms with E-state index in [4.69, 9.17) is 4.74 Å². The van der Waals surface area contributed by atoms with E-state index in [2.05, 4.69) is 4.90 Å². The highest BCUT2D eigenvalue weighted by atomic mass is 16.6. The summed E-state index contributed by atoms with van der Waals surface area (Å²) in [5.41, 5.74) is -0.331. The first-order chi connectivity index (χ1) is 16.2. The summed E-state index contributed by atoms with van der Waals surface area (Å²) in [6.45, 7) is 6.04. The average molecular weight is 469 g/mol. The molecule has 1 unspecified atom stereocenters. The number of aromatic hydroxyl groups is 1. The SMILES string of the molecule is CCN(CC)CCN1C(=O)C(=O)/C(=C(\O)c2ccccc2OC)C1c1ccc(O)c([N+](=O)[O-])c1. The third-order valence-corrected chi connectivity index (χ3v) is 5.97. The van der Waals surface area contributed by atoms with Crippen LogP contribution in [0.3, 0.4) is 0 Å². The van der Waals surface area contributed by atoms with Crippen LogP contribution in [-0.4, -0.2) is 69.9 Å². The van der Waals surface area contributed by atoms with Crippen LogP contribution >= 0.6 is 0 Å². The Morgan fingerprint density at radius 1 is 1.18 bits per heavy atom. The van der Waals surface area contributed by atoms with Gasteiger partial charge in [-0.3, -0.25) is 19.7 Å². The van der Waals surface area contributed by atoms with Crippen LogP contribution < -0.4 is 4.74 Å². The largest absolute Gasteiger partial charge is 0.507 e. The number of likely N-dealkylation sites (N-methyl/N-ethyl adjacent to an activating group) is 1. The van der Waals surface area contributed by atoms with Gasteiger partial charge < -0.3 is 24.7 Å². The van der Waals surface area contributed by atoms with E-state index in [0.717, 1.165) is 25.2 Å². The lowest BCUT2D eigenvalue weighted by molar-refractivity contribution is -0.385. The molecule has 1 saturated heterocycles. The molecule has 1 aliphatic rings. The number of para-hydroxylation sites is 1. The highest BCUT2D eigenvalue weighted by Crippen LogP contribution is 2.42. The number of Topliss-reactive ketones (excluding diaryl/α,β-unsaturated/α-hetero) is 1. The van der Waals surface area contributed by atoms with Gasteiger partial charge in [0.15, 0.2) is 5.75 Å². The molecule has 180 valence electrons. The normalized spacial score (nSPS) is 17.4. The predicted octanol–water partition coefficient (Wildman–Crippen LogP) is 3.07. The van der Waals surface area contributed by atoms with Crippen molar-refractivity contribution in [2.75, 3.05) is 33.3 Å².